The predicted octanol–water partition coefficient (Wildman–Crippen LogP) is 3.32. The van der Waals surface area contributed by atoms with Crippen LogP contribution in [-0.4, -0.2) is 44.8 Å². The Labute approximate surface area is 155 Å². The summed E-state index contributed by atoms with van der Waals surface area (Å²) in [5, 5.41) is 13.2. The molecule has 3 heterocycles. The zero-order valence-electron chi connectivity index (χ0n) is 14.6. The summed E-state index contributed by atoms with van der Waals surface area (Å²) in [6.07, 6.45) is 7.67. The van der Waals surface area contributed by atoms with E-state index in [0.29, 0.717) is 18.7 Å². The number of aromatic carboxylic acids is 1. The molecule has 1 amide bonds. The first-order valence-electron chi connectivity index (χ1n) is 8.81. The first-order valence-corrected chi connectivity index (χ1v) is 8.81. The first kappa shape index (κ1) is 17.1. The molecule has 1 aliphatic heterocycles. The van der Waals surface area contributed by atoms with Crippen LogP contribution in [0.4, 0.5) is 0 Å². The van der Waals surface area contributed by atoms with Gasteiger partial charge in [0.1, 0.15) is 0 Å². The van der Waals surface area contributed by atoms with Gasteiger partial charge in [0.25, 0.3) is 5.91 Å². The van der Waals surface area contributed by atoms with Crippen LogP contribution in [0.5, 0.6) is 0 Å². The lowest BCUT2D eigenvalue weighted by atomic mass is 10.0. The molecule has 0 radical (unpaired) electrons. The van der Waals surface area contributed by atoms with E-state index in [1.165, 1.54) is 6.20 Å². The van der Waals surface area contributed by atoms with Gasteiger partial charge in [-0.15, -0.1) is 0 Å². The second-order valence-corrected chi connectivity index (χ2v) is 6.63. The number of rotatable bonds is 4. The SMILES string of the molecule is O=C(O)c1cnn(C2CCN(C(=O)c3cccc(-c4ccoc4)c3)CC2)c1. The summed E-state index contributed by atoms with van der Waals surface area (Å²) < 4.78 is 6.81. The average Bonchev–Trinajstić information content (AvgIpc) is 3.40. The third-order valence-electron chi connectivity index (χ3n) is 4.94. The summed E-state index contributed by atoms with van der Waals surface area (Å²) in [4.78, 5) is 25.7. The number of benzene rings is 1. The minimum absolute atomic E-state index is 0.00508. The van der Waals surface area contributed by atoms with Gasteiger partial charge in [-0.05, 0) is 36.6 Å². The molecule has 7 heteroatoms. The summed E-state index contributed by atoms with van der Waals surface area (Å²) in [5.41, 5.74) is 2.72. The summed E-state index contributed by atoms with van der Waals surface area (Å²) in [7, 11) is 0. The fourth-order valence-corrected chi connectivity index (χ4v) is 3.42. The number of nitrogens with zero attached hydrogens (tertiary/aromatic N) is 3. The Morgan fingerprint density at radius 2 is 1.93 bits per heavy atom. The van der Waals surface area contributed by atoms with Crippen molar-refractivity contribution in [1.82, 2.24) is 14.7 Å². The maximum atomic E-state index is 12.9. The van der Waals surface area contributed by atoms with E-state index in [1.807, 2.05) is 35.2 Å². The lowest BCUT2D eigenvalue weighted by Crippen LogP contribution is -2.39. The molecular weight excluding hydrogens is 346 g/mol. The minimum Gasteiger partial charge on any atom is -0.478 e. The van der Waals surface area contributed by atoms with E-state index in [4.69, 9.17) is 9.52 Å². The Bertz CT molecular complexity index is 953. The van der Waals surface area contributed by atoms with Crippen LogP contribution in [0.3, 0.4) is 0 Å². The number of amides is 1. The maximum Gasteiger partial charge on any atom is 0.338 e. The molecule has 1 aliphatic rings. The van der Waals surface area contributed by atoms with E-state index in [-0.39, 0.29) is 17.5 Å². The quantitative estimate of drug-likeness (QED) is 0.766. The highest BCUT2D eigenvalue weighted by molar-refractivity contribution is 5.95. The standard InChI is InChI=1S/C20H19N3O4/c24-19(15-3-1-2-14(10-15)16-6-9-27-13-16)22-7-4-18(5-8-22)23-12-17(11-21-23)20(25)26/h1-3,6,9-13,18H,4-5,7-8H2,(H,25,26). The second kappa shape index (κ2) is 7.11. The van der Waals surface area contributed by atoms with Crippen LogP contribution in [0.25, 0.3) is 11.1 Å². The Morgan fingerprint density at radius 1 is 1.11 bits per heavy atom. The highest BCUT2D eigenvalue weighted by atomic mass is 16.4. The molecule has 138 valence electrons. The molecule has 1 fully saturated rings. The van der Waals surface area contributed by atoms with Crippen molar-refractivity contribution in [3.63, 3.8) is 0 Å². The second-order valence-electron chi connectivity index (χ2n) is 6.63. The minimum atomic E-state index is -0.980. The summed E-state index contributed by atoms with van der Waals surface area (Å²) >= 11 is 0. The maximum absolute atomic E-state index is 12.9. The molecular formula is C20H19N3O4. The summed E-state index contributed by atoms with van der Waals surface area (Å²) in [6, 6.07) is 9.51. The van der Waals surface area contributed by atoms with Crippen molar-refractivity contribution in [2.24, 2.45) is 0 Å². The molecule has 0 aliphatic carbocycles. The third kappa shape index (κ3) is 3.48. The highest BCUT2D eigenvalue weighted by Gasteiger charge is 2.25. The van der Waals surface area contributed by atoms with E-state index in [9.17, 15) is 9.59 Å². The van der Waals surface area contributed by atoms with E-state index in [0.717, 1.165) is 24.0 Å². The van der Waals surface area contributed by atoms with Gasteiger partial charge in [0.2, 0.25) is 0 Å². The number of furan rings is 1. The van der Waals surface area contributed by atoms with Crippen LogP contribution < -0.4 is 0 Å². The van der Waals surface area contributed by atoms with Gasteiger partial charge >= 0.3 is 5.97 Å². The smallest absolute Gasteiger partial charge is 0.338 e. The molecule has 0 spiro atoms. The van der Waals surface area contributed by atoms with Gasteiger partial charge in [-0.3, -0.25) is 9.48 Å². The number of likely N-dealkylation sites (tertiary alicyclic amines) is 1. The Morgan fingerprint density at radius 3 is 2.59 bits per heavy atom. The number of carboxylic acid groups (broad SMARTS) is 1. The molecule has 27 heavy (non-hydrogen) atoms. The number of carbonyl (C=O) groups is 2. The fourth-order valence-electron chi connectivity index (χ4n) is 3.42. The van der Waals surface area contributed by atoms with Crippen molar-refractivity contribution in [2.45, 2.75) is 18.9 Å². The average molecular weight is 365 g/mol. The van der Waals surface area contributed by atoms with Gasteiger partial charge in [-0.2, -0.15) is 5.10 Å². The summed E-state index contributed by atoms with van der Waals surface area (Å²) in [5.74, 6) is -0.975. The van der Waals surface area contributed by atoms with Gasteiger partial charge in [0, 0.05) is 30.4 Å². The molecule has 2 aromatic heterocycles. The third-order valence-corrected chi connectivity index (χ3v) is 4.94. The monoisotopic (exact) mass is 365 g/mol. The topological polar surface area (TPSA) is 88.6 Å². The fraction of sp³-hybridized carbons (Fsp3) is 0.250. The van der Waals surface area contributed by atoms with Crippen LogP contribution in [-0.2, 0) is 0 Å². The number of aromatic nitrogens is 2. The van der Waals surface area contributed by atoms with Crippen LogP contribution in [0.1, 0.15) is 39.6 Å². The van der Waals surface area contributed by atoms with Crippen molar-refractivity contribution in [3.8, 4) is 11.1 Å². The van der Waals surface area contributed by atoms with E-state index in [1.54, 1.807) is 23.4 Å². The van der Waals surface area contributed by atoms with Crippen LogP contribution in [0.2, 0.25) is 0 Å². The van der Waals surface area contributed by atoms with E-state index >= 15 is 0 Å². The zero-order valence-corrected chi connectivity index (χ0v) is 14.6. The molecule has 1 saturated heterocycles. The van der Waals surface area contributed by atoms with Gasteiger partial charge in [0.05, 0.1) is 30.3 Å². The lowest BCUT2D eigenvalue weighted by molar-refractivity contribution is 0.0688. The number of carboxylic acids is 1. The van der Waals surface area contributed by atoms with Gasteiger partial charge in [-0.1, -0.05) is 12.1 Å². The predicted molar refractivity (Wildman–Crippen MR) is 97.5 cm³/mol. The first-order chi connectivity index (χ1) is 13.1. The van der Waals surface area contributed by atoms with E-state index < -0.39 is 5.97 Å². The highest BCUT2D eigenvalue weighted by Crippen LogP contribution is 2.25. The molecule has 0 bridgehead atoms. The number of carbonyl (C=O) groups excluding carboxylic acids is 1. The molecule has 1 aromatic carbocycles. The lowest BCUT2D eigenvalue weighted by Gasteiger charge is -2.32. The van der Waals surface area contributed by atoms with Crippen LogP contribution >= 0.6 is 0 Å². The van der Waals surface area contributed by atoms with Gasteiger partial charge in [-0.25, -0.2) is 4.79 Å². The Hall–Kier alpha value is -3.35. The van der Waals surface area contributed by atoms with Crippen molar-refractivity contribution < 1.29 is 19.1 Å². The largest absolute Gasteiger partial charge is 0.478 e. The van der Waals surface area contributed by atoms with Crippen LogP contribution in [0, 0.1) is 0 Å². The normalized spacial score (nSPS) is 15.0. The number of piperidine rings is 1. The van der Waals surface area contributed by atoms with Crippen molar-refractivity contribution >= 4 is 11.9 Å². The Kier molecular flexibility index (Phi) is 4.50. The molecule has 3 aromatic rings. The van der Waals surface area contributed by atoms with Crippen molar-refractivity contribution in [1.29, 1.82) is 0 Å². The zero-order chi connectivity index (χ0) is 18.8. The molecule has 1 N–H and O–H groups in total. The van der Waals surface area contributed by atoms with Gasteiger partial charge < -0.3 is 14.4 Å². The molecule has 7 nitrogen and oxygen atoms in total. The number of hydrogen-bond acceptors (Lipinski definition) is 4. The van der Waals surface area contributed by atoms with E-state index in [2.05, 4.69) is 5.10 Å². The number of hydrogen-bond donors (Lipinski definition) is 1. The van der Waals surface area contributed by atoms with Crippen LogP contribution in [0.15, 0.2) is 59.7 Å². The molecule has 0 unspecified atom stereocenters. The molecule has 0 atom stereocenters. The van der Waals surface area contributed by atoms with Crippen molar-refractivity contribution in [2.75, 3.05) is 13.1 Å². The van der Waals surface area contributed by atoms with Crippen molar-refractivity contribution in [3.05, 3.63) is 66.4 Å². The molecule has 4 rings (SSSR count). The van der Waals surface area contributed by atoms with Gasteiger partial charge in [0.15, 0.2) is 0 Å². The Balaban J connectivity index is 1.43. The molecule has 0 saturated carbocycles. The summed E-state index contributed by atoms with van der Waals surface area (Å²) in [6.45, 7) is 1.23.